The Morgan fingerprint density at radius 3 is 2.89 bits per heavy atom. The highest BCUT2D eigenvalue weighted by Crippen LogP contribution is 2.10. The number of pyridine rings is 1. The van der Waals surface area contributed by atoms with Crippen molar-refractivity contribution in [3.8, 4) is 5.75 Å². The van der Waals surface area contributed by atoms with Crippen LogP contribution in [0.5, 0.6) is 5.75 Å². The van der Waals surface area contributed by atoms with E-state index in [2.05, 4.69) is 27.6 Å². The van der Waals surface area contributed by atoms with Crippen molar-refractivity contribution >= 4 is 34.6 Å². The maximum Gasteiger partial charge on any atom is 0.336 e. The molecule has 0 saturated heterocycles. The molecule has 18 heavy (non-hydrogen) atoms. The zero-order valence-corrected chi connectivity index (χ0v) is 11.6. The van der Waals surface area contributed by atoms with Crippen LogP contribution in [0.4, 0.5) is 0 Å². The van der Waals surface area contributed by atoms with Gasteiger partial charge < -0.3 is 4.74 Å². The first-order valence-corrected chi connectivity index (χ1v) is 6.37. The number of aromatic nitrogens is 1. The molecule has 0 spiro atoms. The lowest BCUT2D eigenvalue weighted by Crippen LogP contribution is -2.03. The molecule has 0 amide bonds. The number of carbonyl (C=O) groups is 1. The van der Waals surface area contributed by atoms with E-state index in [1.807, 2.05) is 24.3 Å². The van der Waals surface area contributed by atoms with Gasteiger partial charge in [-0.2, -0.15) is 0 Å². The Labute approximate surface area is 119 Å². The fourth-order valence-electron chi connectivity index (χ4n) is 1.33. The lowest BCUT2D eigenvalue weighted by Gasteiger charge is -1.99. The van der Waals surface area contributed by atoms with Gasteiger partial charge in [0.1, 0.15) is 5.75 Å². The molecular weight excluding hydrogens is 341 g/mol. The van der Waals surface area contributed by atoms with E-state index < -0.39 is 5.97 Å². The van der Waals surface area contributed by atoms with Gasteiger partial charge in [-0.15, -0.1) is 0 Å². The Morgan fingerprint density at radius 2 is 2.17 bits per heavy atom. The molecule has 2 aromatic rings. The molecule has 1 aromatic heterocycles. The van der Waals surface area contributed by atoms with E-state index in [4.69, 9.17) is 4.74 Å². The molecule has 0 unspecified atom stereocenters. The van der Waals surface area contributed by atoms with Crippen LogP contribution in [0.25, 0.3) is 6.08 Å². The van der Waals surface area contributed by atoms with Crippen LogP contribution < -0.4 is 4.74 Å². The van der Waals surface area contributed by atoms with E-state index in [9.17, 15) is 4.79 Å². The highest BCUT2D eigenvalue weighted by Gasteiger charge is 1.99. The highest BCUT2D eigenvalue weighted by atomic mass is 127. The molecule has 0 radical (unpaired) electrons. The fraction of sp³-hybridized carbons (Fsp3) is 0. The number of carbonyl (C=O) groups excluding carboxylic acids is 1. The van der Waals surface area contributed by atoms with Crippen LogP contribution in [0.2, 0.25) is 0 Å². The molecule has 2 rings (SSSR count). The summed E-state index contributed by atoms with van der Waals surface area (Å²) in [5.74, 6) is 0.0247. The van der Waals surface area contributed by atoms with Crippen molar-refractivity contribution in [3.05, 3.63) is 64.0 Å². The summed E-state index contributed by atoms with van der Waals surface area (Å²) in [7, 11) is 0. The first kappa shape index (κ1) is 12.8. The lowest BCUT2D eigenvalue weighted by atomic mass is 10.2. The van der Waals surface area contributed by atoms with Gasteiger partial charge in [0.05, 0.1) is 6.20 Å². The Kier molecular flexibility index (Phi) is 4.46. The van der Waals surface area contributed by atoms with E-state index >= 15 is 0 Å². The standard InChI is InChI=1S/C14H10INO2/c15-12-4-1-3-11(9-12)6-7-14(17)18-13-5-2-8-16-10-13/h1-10H/b7-6+. The first-order chi connectivity index (χ1) is 8.74. The van der Waals surface area contributed by atoms with E-state index in [1.54, 1.807) is 24.4 Å². The average Bonchev–Trinajstić information content (AvgIpc) is 2.38. The van der Waals surface area contributed by atoms with Crippen LogP contribution in [-0.4, -0.2) is 11.0 Å². The number of nitrogens with zero attached hydrogens (tertiary/aromatic N) is 1. The minimum Gasteiger partial charge on any atom is -0.422 e. The quantitative estimate of drug-likeness (QED) is 0.484. The summed E-state index contributed by atoms with van der Waals surface area (Å²) in [6, 6.07) is 11.2. The third-order valence-electron chi connectivity index (χ3n) is 2.11. The molecule has 4 heteroatoms. The Bertz CT molecular complexity index is 567. The van der Waals surface area contributed by atoms with Crippen molar-refractivity contribution in [3.63, 3.8) is 0 Å². The highest BCUT2D eigenvalue weighted by molar-refractivity contribution is 14.1. The van der Waals surface area contributed by atoms with Crippen molar-refractivity contribution < 1.29 is 9.53 Å². The minimum atomic E-state index is -0.415. The Hall–Kier alpha value is -1.69. The minimum absolute atomic E-state index is 0.415. The molecule has 0 aliphatic heterocycles. The third kappa shape index (κ3) is 3.96. The van der Waals surface area contributed by atoms with Crippen molar-refractivity contribution in [1.29, 1.82) is 0 Å². The molecule has 0 aliphatic carbocycles. The number of hydrogen-bond acceptors (Lipinski definition) is 3. The summed E-state index contributed by atoms with van der Waals surface area (Å²) in [4.78, 5) is 15.4. The lowest BCUT2D eigenvalue weighted by molar-refractivity contribution is -0.128. The van der Waals surface area contributed by atoms with Gasteiger partial charge in [-0.25, -0.2) is 4.79 Å². The zero-order valence-electron chi connectivity index (χ0n) is 9.42. The molecule has 0 atom stereocenters. The molecule has 0 saturated carbocycles. The molecule has 3 nitrogen and oxygen atoms in total. The topological polar surface area (TPSA) is 39.2 Å². The van der Waals surface area contributed by atoms with Gasteiger partial charge in [0.25, 0.3) is 0 Å². The van der Waals surface area contributed by atoms with Gasteiger partial charge in [-0.1, -0.05) is 12.1 Å². The van der Waals surface area contributed by atoms with Crippen molar-refractivity contribution in [2.45, 2.75) is 0 Å². The number of halogens is 1. The SMILES string of the molecule is O=C(/C=C/c1cccc(I)c1)Oc1cccnc1. The molecule has 0 N–H and O–H groups in total. The Balaban J connectivity index is 1.99. The maximum atomic E-state index is 11.5. The number of benzene rings is 1. The molecule has 1 aromatic carbocycles. The molecule has 0 aliphatic rings. The monoisotopic (exact) mass is 351 g/mol. The summed E-state index contributed by atoms with van der Waals surface area (Å²) in [5, 5.41) is 0. The van der Waals surface area contributed by atoms with E-state index in [0.29, 0.717) is 5.75 Å². The van der Waals surface area contributed by atoms with Gasteiger partial charge in [-0.05, 0) is 58.5 Å². The van der Waals surface area contributed by atoms with Crippen molar-refractivity contribution in [2.24, 2.45) is 0 Å². The van der Waals surface area contributed by atoms with Crippen LogP contribution in [0.1, 0.15) is 5.56 Å². The molecular formula is C14H10INO2. The maximum absolute atomic E-state index is 11.5. The van der Waals surface area contributed by atoms with Crippen LogP contribution >= 0.6 is 22.6 Å². The van der Waals surface area contributed by atoms with Gasteiger partial charge in [-0.3, -0.25) is 4.98 Å². The summed E-state index contributed by atoms with van der Waals surface area (Å²) >= 11 is 2.22. The molecule has 0 fully saturated rings. The molecule has 0 bridgehead atoms. The van der Waals surface area contributed by atoms with Crippen LogP contribution in [0.15, 0.2) is 54.9 Å². The van der Waals surface area contributed by atoms with E-state index in [0.717, 1.165) is 9.13 Å². The summed E-state index contributed by atoms with van der Waals surface area (Å²) < 4.78 is 6.20. The van der Waals surface area contributed by atoms with E-state index in [1.165, 1.54) is 12.3 Å². The van der Waals surface area contributed by atoms with E-state index in [-0.39, 0.29) is 0 Å². The van der Waals surface area contributed by atoms with Crippen molar-refractivity contribution in [2.75, 3.05) is 0 Å². The number of ether oxygens (including phenoxy) is 1. The third-order valence-corrected chi connectivity index (χ3v) is 2.78. The average molecular weight is 351 g/mol. The van der Waals surface area contributed by atoms with Crippen molar-refractivity contribution in [1.82, 2.24) is 4.98 Å². The van der Waals surface area contributed by atoms with Gasteiger partial charge in [0, 0.05) is 15.8 Å². The predicted octanol–water partition coefficient (Wildman–Crippen LogP) is 3.31. The Morgan fingerprint density at radius 1 is 1.28 bits per heavy atom. The largest absolute Gasteiger partial charge is 0.422 e. The fourth-order valence-corrected chi connectivity index (χ4v) is 1.90. The number of hydrogen-bond donors (Lipinski definition) is 0. The second kappa shape index (κ2) is 6.30. The van der Waals surface area contributed by atoms with Gasteiger partial charge >= 0.3 is 5.97 Å². The second-order valence-electron chi connectivity index (χ2n) is 3.50. The van der Waals surface area contributed by atoms with Gasteiger partial charge in [0.15, 0.2) is 0 Å². The zero-order chi connectivity index (χ0) is 12.8. The first-order valence-electron chi connectivity index (χ1n) is 5.29. The smallest absolute Gasteiger partial charge is 0.336 e. The molecule has 1 heterocycles. The summed E-state index contributed by atoms with van der Waals surface area (Å²) in [6.45, 7) is 0. The normalized spacial score (nSPS) is 10.5. The van der Waals surface area contributed by atoms with Crippen LogP contribution in [0, 0.1) is 3.57 Å². The number of esters is 1. The second-order valence-corrected chi connectivity index (χ2v) is 4.74. The molecule has 90 valence electrons. The number of rotatable bonds is 3. The summed E-state index contributed by atoms with van der Waals surface area (Å²) in [6.07, 6.45) is 6.25. The van der Waals surface area contributed by atoms with Crippen LogP contribution in [0.3, 0.4) is 0 Å². The van der Waals surface area contributed by atoms with Crippen LogP contribution in [-0.2, 0) is 4.79 Å². The van der Waals surface area contributed by atoms with Gasteiger partial charge in [0.2, 0.25) is 0 Å². The summed E-state index contributed by atoms with van der Waals surface area (Å²) in [5.41, 5.74) is 0.963. The predicted molar refractivity (Wildman–Crippen MR) is 78.1 cm³/mol.